The number of hydrogen-bond acceptors (Lipinski definition) is 2. The Hall–Kier alpha value is -0.740. The van der Waals surface area contributed by atoms with Crippen molar-refractivity contribution in [2.45, 2.75) is 6.92 Å². The van der Waals surface area contributed by atoms with Gasteiger partial charge in [0, 0.05) is 16.9 Å². The number of hydrogen-bond donors (Lipinski definition) is 2. The van der Waals surface area contributed by atoms with Crippen LogP contribution in [0.1, 0.15) is 5.56 Å². The molecular weight excluding hydrogens is 253 g/mol. The van der Waals surface area contributed by atoms with Crippen LogP contribution in [0.3, 0.4) is 0 Å². The van der Waals surface area contributed by atoms with E-state index in [1.54, 1.807) is 12.4 Å². The molecular formula is C8H9BrClN3. The second-order valence-corrected chi connectivity index (χ2v) is 3.55. The van der Waals surface area contributed by atoms with Crippen LogP contribution in [0.25, 0.3) is 11.0 Å². The number of nitrogens with two attached hydrogens (primary N) is 1. The number of aromatic amines is 1. The van der Waals surface area contributed by atoms with Crippen molar-refractivity contribution in [2.24, 2.45) is 0 Å². The third-order valence-electron chi connectivity index (χ3n) is 1.92. The van der Waals surface area contributed by atoms with Gasteiger partial charge in [-0.3, -0.25) is 4.98 Å². The Morgan fingerprint density at radius 1 is 1.54 bits per heavy atom. The third kappa shape index (κ3) is 1.51. The highest BCUT2D eigenvalue weighted by Crippen LogP contribution is 2.25. The number of anilines is 1. The largest absolute Gasteiger partial charge is 0.396 e. The Balaban J connectivity index is 0.000000845. The van der Waals surface area contributed by atoms with Crippen LogP contribution in [-0.4, -0.2) is 9.97 Å². The van der Waals surface area contributed by atoms with Crippen LogP contribution in [0.5, 0.6) is 0 Å². The average Bonchev–Trinajstić information content (AvgIpc) is 2.41. The van der Waals surface area contributed by atoms with Crippen molar-refractivity contribution >= 4 is 45.1 Å². The summed E-state index contributed by atoms with van der Waals surface area (Å²) in [6.07, 6.45) is 3.53. The van der Waals surface area contributed by atoms with Crippen LogP contribution in [0.4, 0.5) is 5.69 Å². The number of aryl methyl sites for hydroxylation is 1. The maximum Gasteiger partial charge on any atom is 0.111 e. The van der Waals surface area contributed by atoms with E-state index >= 15 is 0 Å². The molecule has 0 fully saturated rings. The van der Waals surface area contributed by atoms with Crippen molar-refractivity contribution in [3.05, 3.63) is 22.4 Å². The first kappa shape index (κ1) is 10.3. The van der Waals surface area contributed by atoms with Crippen molar-refractivity contribution in [3.8, 4) is 0 Å². The molecule has 0 saturated carbocycles. The van der Waals surface area contributed by atoms with E-state index in [0.29, 0.717) is 5.69 Å². The number of rotatable bonds is 0. The summed E-state index contributed by atoms with van der Waals surface area (Å²) in [4.78, 5) is 7.28. The second kappa shape index (κ2) is 3.55. The number of halogens is 2. The van der Waals surface area contributed by atoms with Gasteiger partial charge in [0.1, 0.15) is 5.52 Å². The first-order chi connectivity index (χ1) is 5.70. The van der Waals surface area contributed by atoms with E-state index in [2.05, 4.69) is 25.9 Å². The van der Waals surface area contributed by atoms with Crippen LogP contribution in [0.2, 0.25) is 0 Å². The highest BCUT2D eigenvalue weighted by Gasteiger charge is 2.05. The molecule has 0 aromatic carbocycles. The van der Waals surface area contributed by atoms with Gasteiger partial charge in [-0.2, -0.15) is 0 Å². The summed E-state index contributed by atoms with van der Waals surface area (Å²) in [5, 5.41) is 0. The number of fused-ring (bicyclic) bond motifs is 1. The standard InChI is InChI=1S/C8H8BrN3.ClH/c1-4-5(9)2-11-8-6(10)3-12-7(4)8;/h2-3,12H,10H2,1H3;1H. The maximum absolute atomic E-state index is 5.69. The normalized spacial score (nSPS) is 10.0. The Morgan fingerprint density at radius 2 is 2.23 bits per heavy atom. The van der Waals surface area contributed by atoms with Gasteiger partial charge in [0.05, 0.1) is 11.2 Å². The molecule has 0 amide bonds. The third-order valence-corrected chi connectivity index (χ3v) is 2.72. The van der Waals surface area contributed by atoms with Gasteiger partial charge >= 0.3 is 0 Å². The van der Waals surface area contributed by atoms with Gasteiger partial charge in [-0.05, 0) is 28.4 Å². The molecule has 13 heavy (non-hydrogen) atoms. The molecule has 2 aromatic rings. The van der Waals surface area contributed by atoms with Crippen molar-refractivity contribution in [2.75, 3.05) is 5.73 Å². The molecule has 0 atom stereocenters. The van der Waals surface area contributed by atoms with Crippen molar-refractivity contribution < 1.29 is 0 Å². The van der Waals surface area contributed by atoms with Gasteiger partial charge in [-0.25, -0.2) is 0 Å². The lowest BCUT2D eigenvalue weighted by molar-refractivity contribution is 1.32. The fourth-order valence-electron chi connectivity index (χ4n) is 1.19. The van der Waals surface area contributed by atoms with Crippen LogP contribution < -0.4 is 5.73 Å². The second-order valence-electron chi connectivity index (χ2n) is 2.70. The lowest BCUT2D eigenvalue weighted by atomic mass is 10.2. The molecule has 0 saturated heterocycles. The molecule has 2 heterocycles. The number of nitrogens with one attached hydrogen (secondary N) is 1. The van der Waals surface area contributed by atoms with Gasteiger partial charge in [-0.1, -0.05) is 0 Å². The quantitative estimate of drug-likeness (QED) is 0.767. The predicted octanol–water partition coefficient (Wildman–Crippen LogP) is 2.64. The van der Waals surface area contributed by atoms with E-state index in [1.807, 2.05) is 6.92 Å². The zero-order valence-corrected chi connectivity index (χ0v) is 9.37. The Kier molecular flexibility index (Phi) is 2.83. The predicted molar refractivity (Wildman–Crippen MR) is 60.2 cm³/mol. The van der Waals surface area contributed by atoms with Gasteiger partial charge in [0.25, 0.3) is 0 Å². The molecule has 3 nitrogen and oxygen atoms in total. The number of nitrogens with zero attached hydrogens (tertiary/aromatic N) is 1. The first-order valence-electron chi connectivity index (χ1n) is 3.58. The van der Waals surface area contributed by atoms with E-state index < -0.39 is 0 Å². The Labute approximate surface area is 90.3 Å². The average molecular weight is 263 g/mol. The van der Waals surface area contributed by atoms with Gasteiger partial charge in [0.2, 0.25) is 0 Å². The lowest BCUT2D eigenvalue weighted by Crippen LogP contribution is -1.85. The van der Waals surface area contributed by atoms with Gasteiger partial charge in [-0.15, -0.1) is 12.4 Å². The summed E-state index contributed by atoms with van der Waals surface area (Å²) in [5.41, 5.74) is 9.36. The molecule has 0 spiro atoms. The smallest absolute Gasteiger partial charge is 0.111 e. The van der Waals surface area contributed by atoms with Crippen LogP contribution >= 0.6 is 28.3 Å². The van der Waals surface area contributed by atoms with Crippen molar-refractivity contribution in [3.63, 3.8) is 0 Å². The molecule has 5 heteroatoms. The molecule has 0 radical (unpaired) electrons. The van der Waals surface area contributed by atoms with Crippen LogP contribution in [0.15, 0.2) is 16.9 Å². The molecule has 70 valence electrons. The minimum Gasteiger partial charge on any atom is -0.396 e. The fourth-order valence-corrected chi connectivity index (χ4v) is 1.49. The van der Waals surface area contributed by atoms with Gasteiger partial charge in [0.15, 0.2) is 0 Å². The van der Waals surface area contributed by atoms with E-state index in [-0.39, 0.29) is 12.4 Å². The SMILES string of the molecule is Cc1c(Br)cnc2c(N)c[nH]c12.Cl. The molecule has 0 aliphatic carbocycles. The molecule has 0 unspecified atom stereocenters. The molecule has 2 rings (SSSR count). The zero-order valence-electron chi connectivity index (χ0n) is 6.97. The van der Waals surface area contributed by atoms with E-state index in [4.69, 9.17) is 5.73 Å². The highest BCUT2D eigenvalue weighted by molar-refractivity contribution is 9.10. The van der Waals surface area contributed by atoms with Crippen LogP contribution in [-0.2, 0) is 0 Å². The minimum absolute atomic E-state index is 0. The summed E-state index contributed by atoms with van der Waals surface area (Å²) in [6, 6.07) is 0. The summed E-state index contributed by atoms with van der Waals surface area (Å²) in [6.45, 7) is 2.02. The van der Waals surface area contributed by atoms with Gasteiger partial charge < -0.3 is 10.7 Å². The summed E-state index contributed by atoms with van der Waals surface area (Å²) >= 11 is 3.40. The lowest BCUT2D eigenvalue weighted by Gasteiger charge is -1.98. The fraction of sp³-hybridized carbons (Fsp3) is 0.125. The Morgan fingerprint density at radius 3 is 2.92 bits per heavy atom. The monoisotopic (exact) mass is 261 g/mol. The van der Waals surface area contributed by atoms with Crippen LogP contribution in [0, 0.1) is 6.92 Å². The number of nitrogen functional groups attached to an aromatic ring is 1. The van der Waals surface area contributed by atoms with E-state index in [9.17, 15) is 0 Å². The summed E-state index contributed by atoms with van der Waals surface area (Å²) in [5.74, 6) is 0. The van der Waals surface area contributed by atoms with E-state index in [1.165, 1.54) is 0 Å². The Bertz CT molecular complexity index is 438. The van der Waals surface area contributed by atoms with Crippen molar-refractivity contribution in [1.29, 1.82) is 0 Å². The molecule has 0 bridgehead atoms. The minimum atomic E-state index is 0. The number of pyridine rings is 1. The molecule has 2 aromatic heterocycles. The molecule has 3 N–H and O–H groups in total. The highest BCUT2D eigenvalue weighted by atomic mass is 79.9. The zero-order chi connectivity index (χ0) is 8.72. The number of H-pyrrole nitrogens is 1. The van der Waals surface area contributed by atoms with E-state index in [0.717, 1.165) is 21.1 Å². The summed E-state index contributed by atoms with van der Waals surface area (Å²) in [7, 11) is 0. The number of aromatic nitrogens is 2. The maximum atomic E-state index is 5.69. The first-order valence-corrected chi connectivity index (χ1v) is 4.37. The molecule has 0 aliphatic heterocycles. The topological polar surface area (TPSA) is 54.7 Å². The molecule has 0 aliphatic rings. The van der Waals surface area contributed by atoms with Crippen molar-refractivity contribution in [1.82, 2.24) is 9.97 Å². The summed E-state index contributed by atoms with van der Waals surface area (Å²) < 4.78 is 0.997.